The summed E-state index contributed by atoms with van der Waals surface area (Å²) in [6, 6.07) is 13.8. The molecule has 2 aromatic rings. The summed E-state index contributed by atoms with van der Waals surface area (Å²) in [6.07, 6.45) is 0.573. The molecule has 0 aliphatic rings. The smallest absolute Gasteiger partial charge is 0.258 e. The van der Waals surface area contributed by atoms with Gasteiger partial charge in [-0.2, -0.15) is 0 Å². The predicted molar refractivity (Wildman–Crippen MR) is 76.8 cm³/mol. The molecule has 2 aromatic carbocycles. The highest BCUT2D eigenvalue weighted by molar-refractivity contribution is 6.32. The third kappa shape index (κ3) is 3.46. The number of rotatable bonds is 4. The van der Waals surface area contributed by atoms with Crippen LogP contribution in [0.5, 0.6) is 0 Å². The summed E-state index contributed by atoms with van der Waals surface area (Å²) in [6.45, 7) is 0. The largest absolute Gasteiger partial charge is 0.269 e. The molecule has 3 nitrogen and oxygen atoms in total. The van der Waals surface area contributed by atoms with E-state index in [1.807, 2.05) is 18.2 Å². The van der Waals surface area contributed by atoms with Crippen molar-refractivity contribution in [1.29, 1.82) is 0 Å². The van der Waals surface area contributed by atoms with Crippen LogP contribution < -0.4 is 0 Å². The number of non-ortho nitro benzene ring substituents is 1. The van der Waals surface area contributed by atoms with Crippen LogP contribution >= 0.6 is 23.2 Å². The van der Waals surface area contributed by atoms with Gasteiger partial charge in [0.2, 0.25) is 0 Å². The van der Waals surface area contributed by atoms with E-state index in [0.717, 1.165) is 11.1 Å². The number of nitro groups is 1. The van der Waals surface area contributed by atoms with Crippen LogP contribution in [-0.4, -0.2) is 4.92 Å². The number of hydrogen-bond acceptors (Lipinski definition) is 2. The second-order valence-corrected chi connectivity index (χ2v) is 5.05. The molecule has 0 heterocycles. The Hall–Kier alpha value is -1.58. The molecule has 1 unspecified atom stereocenters. The third-order valence-electron chi connectivity index (χ3n) is 2.80. The zero-order valence-corrected chi connectivity index (χ0v) is 11.4. The highest BCUT2D eigenvalue weighted by atomic mass is 35.5. The summed E-state index contributed by atoms with van der Waals surface area (Å²) < 4.78 is 0. The van der Waals surface area contributed by atoms with Crippen LogP contribution in [0.2, 0.25) is 5.02 Å². The second kappa shape index (κ2) is 6.04. The Morgan fingerprint density at radius 3 is 2.32 bits per heavy atom. The second-order valence-electron chi connectivity index (χ2n) is 4.12. The van der Waals surface area contributed by atoms with E-state index >= 15 is 0 Å². The van der Waals surface area contributed by atoms with Crippen molar-refractivity contribution in [1.82, 2.24) is 0 Å². The van der Waals surface area contributed by atoms with E-state index in [-0.39, 0.29) is 11.1 Å². The number of hydrogen-bond donors (Lipinski definition) is 0. The van der Waals surface area contributed by atoms with Crippen molar-refractivity contribution in [2.45, 2.75) is 11.8 Å². The summed E-state index contributed by atoms with van der Waals surface area (Å²) in [5, 5.41) is 10.9. The minimum atomic E-state index is -0.421. The molecule has 0 saturated carbocycles. The summed E-state index contributed by atoms with van der Waals surface area (Å²) >= 11 is 12.4. The number of halogens is 2. The fourth-order valence-corrected chi connectivity index (χ4v) is 2.49. The first kappa shape index (κ1) is 13.8. The Morgan fingerprint density at radius 1 is 1.11 bits per heavy atom. The van der Waals surface area contributed by atoms with Crippen LogP contribution in [0.1, 0.15) is 16.5 Å². The first-order valence-corrected chi connectivity index (χ1v) is 6.51. The molecular weight excluding hydrogens is 285 g/mol. The van der Waals surface area contributed by atoms with Crippen molar-refractivity contribution in [3.8, 4) is 0 Å². The van der Waals surface area contributed by atoms with Crippen LogP contribution in [0.25, 0.3) is 0 Å². The summed E-state index contributed by atoms with van der Waals surface area (Å²) in [7, 11) is 0. The van der Waals surface area contributed by atoms with Gasteiger partial charge in [-0.3, -0.25) is 10.1 Å². The lowest BCUT2D eigenvalue weighted by molar-refractivity contribution is -0.384. The first-order chi connectivity index (χ1) is 9.08. The molecule has 0 spiro atoms. The molecule has 2 rings (SSSR count). The molecule has 0 radical (unpaired) electrons. The van der Waals surface area contributed by atoms with Gasteiger partial charge in [-0.1, -0.05) is 41.9 Å². The summed E-state index contributed by atoms with van der Waals surface area (Å²) in [5.74, 6) is 0. The summed E-state index contributed by atoms with van der Waals surface area (Å²) in [4.78, 5) is 10.1. The quantitative estimate of drug-likeness (QED) is 0.463. The fourth-order valence-electron chi connectivity index (χ4n) is 1.80. The molecule has 0 aliphatic heterocycles. The van der Waals surface area contributed by atoms with Crippen LogP contribution in [0.15, 0.2) is 48.5 Å². The Kier molecular flexibility index (Phi) is 4.40. The van der Waals surface area contributed by atoms with Crippen LogP contribution in [-0.2, 0) is 6.42 Å². The normalized spacial score (nSPS) is 12.1. The van der Waals surface area contributed by atoms with E-state index in [4.69, 9.17) is 23.2 Å². The SMILES string of the molecule is O=[N+]([O-])c1ccc(CC(Cl)c2ccccc2Cl)cc1. The van der Waals surface area contributed by atoms with Gasteiger partial charge in [0, 0.05) is 17.2 Å². The average molecular weight is 296 g/mol. The molecule has 0 amide bonds. The van der Waals surface area contributed by atoms with Gasteiger partial charge in [0.05, 0.1) is 10.3 Å². The zero-order chi connectivity index (χ0) is 13.8. The highest BCUT2D eigenvalue weighted by Crippen LogP contribution is 2.30. The Labute approximate surface area is 120 Å². The van der Waals surface area contributed by atoms with Gasteiger partial charge in [-0.25, -0.2) is 0 Å². The van der Waals surface area contributed by atoms with E-state index in [1.165, 1.54) is 12.1 Å². The Balaban J connectivity index is 2.13. The average Bonchev–Trinajstić information content (AvgIpc) is 2.39. The lowest BCUT2D eigenvalue weighted by atomic mass is 10.0. The van der Waals surface area contributed by atoms with Crippen molar-refractivity contribution in [3.05, 3.63) is 74.8 Å². The number of nitrogens with zero attached hydrogens (tertiary/aromatic N) is 1. The predicted octanol–water partition coefficient (Wildman–Crippen LogP) is 4.77. The highest BCUT2D eigenvalue weighted by Gasteiger charge is 2.13. The van der Waals surface area contributed by atoms with Crippen molar-refractivity contribution < 1.29 is 4.92 Å². The monoisotopic (exact) mass is 295 g/mol. The number of nitro benzene ring substituents is 1. The maximum absolute atomic E-state index is 10.6. The van der Waals surface area contributed by atoms with E-state index in [0.29, 0.717) is 11.4 Å². The zero-order valence-electron chi connectivity index (χ0n) is 9.92. The fraction of sp³-hybridized carbons (Fsp3) is 0.143. The van der Waals surface area contributed by atoms with E-state index in [2.05, 4.69) is 0 Å². The Bertz CT molecular complexity index is 584. The van der Waals surface area contributed by atoms with E-state index in [1.54, 1.807) is 18.2 Å². The molecule has 19 heavy (non-hydrogen) atoms. The molecule has 0 N–H and O–H groups in total. The van der Waals surface area contributed by atoms with E-state index < -0.39 is 4.92 Å². The van der Waals surface area contributed by atoms with Gasteiger partial charge in [0.1, 0.15) is 0 Å². The standard InChI is InChI=1S/C14H11Cl2NO2/c15-13-4-2-1-3-12(13)14(16)9-10-5-7-11(8-6-10)17(18)19/h1-8,14H,9H2. The lowest BCUT2D eigenvalue weighted by Crippen LogP contribution is -1.97. The molecule has 0 bridgehead atoms. The molecule has 0 saturated heterocycles. The molecule has 1 atom stereocenters. The molecule has 0 aromatic heterocycles. The van der Waals surface area contributed by atoms with E-state index in [9.17, 15) is 10.1 Å². The van der Waals surface area contributed by atoms with Crippen LogP contribution in [0, 0.1) is 10.1 Å². The molecule has 0 fully saturated rings. The topological polar surface area (TPSA) is 43.1 Å². The summed E-state index contributed by atoms with van der Waals surface area (Å²) in [5.41, 5.74) is 1.88. The van der Waals surface area contributed by atoms with Crippen LogP contribution in [0.3, 0.4) is 0 Å². The molecule has 98 valence electrons. The number of benzene rings is 2. The van der Waals surface area contributed by atoms with Gasteiger partial charge in [-0.05, 0) is 23.6 Å². The van der Waals surface area contributed by atoms with Gasteiger partial charge < -0.3 is 0 Å². The van der Waals surface area contributed by atoms with Gasteiger partial charge in [0.15, 0.2) is 0 Å². The van der Waals surface area contributed by atoms with Crippen LogP contribution in [0.4, 0.5) is 5.69 Å². The van der Waals surface area contributed by atoms with Gasteiger partial charge in [0.25, 0.3) is 5.69 Å². The molecule has 5 heteroatoms. The molecule has 0 aliphatic carbocycles. The van der Waals surface area contributed by atoms with Crippen molar-refractivity contribution >= 4 is 28.9 Å². The molecular formula is C14H11Cl2NO2. The lowest BCUT2D eigenvalue weighted by Gasteiger charge is -2.11. The maximum atomic E-state index is 10.6. The minimum absolute atomic E-state index is 0.0765. The minimum Gasteiger partial charge on any atom is -0.258 e. The first-order valence-electron chi connectivity index (χ1n) is 5.70. The Morgan fingerprint density at radius 2 is 1.74 bits per heavy atom. The number of alkyl halides is 1. The maximum Gasteiger partial charge on any atom is 0.269 e. The van der Waals surface area contributed by atoms with Crippen molar-refractivity contribution in [2.24, 2.45) is 0 Å². The van der Waals surface area contributed by atoms with Gasteiger partial charge >= 0.3 is 0 Å². The van der Waals surface area contributed by atoms with Crippen molar-refractivity contribution in [2.75, 3.05) is 0 Å². The van der Waals surface area contributed by atoms with Crippen molar-refractivity contribution in [3.63, 3.8) is 0 Å². The van der Waals surface area contributed by atoms with Gasteiger partial charge in [-0.15, -0.1) is 11.6 Å². The third-order valence-corrected chi connectivity index (χ3v) is 3.54.